The molecule has 0 aliphatic carbocycles. The van der Waals surface area contributed by atoms with Gasteiger partial charge in [0.2, 0.25) is 0 Å². The molecule has 1 nitrogen and oxygen atoms in total. The lowest BCUT2D eigenvalue weighted by Crippen LogP contribution is -1.98. The van der Waals surface area contributed by atoms with Gasteiger partial charge in [-0.3, -0.25) is 5.09 Å². The van der Waals surface area contributed by atoms with E-state index < -0.39 is 0 Å². The molecule has 0 heterocycles. The van der Waals surface area contributed by atoms with Gasteiger partial charge >= 0.3 is 0 Å². The fourth-order valence-electron chi connectivity index (χ4n) is 1.71. The van der Waals surface area contributed by atoms with Gasteiger partial charge in [0.25, 0.3) is 0 Å². The van der Waals surface area contributed by atoms with Crippen molar-refractivity contribution in [2.24, 2.45) is 0 Å². The molecule has 0 amide bonds. The molecule has 1 rings (SSSR count). The van der Waals surface area contributed by atoms with Crippen LogP contribution in [0.3, 0.4) is 0 Å². The van der Waals surface area contributed by atoms with Crippen LogP contribution in [0, 0.1) is 0 Å². The zero-order chi connectivity index (χ0) is 14.1. The maximum Gasteiger partial charge on any atom is 0.0176 e. The van der Waals surface area contributed by atoms with E-state index in [-0.39, 0.29) is 0 Å². The summed E-state index contributed by atoms with van der Waals surface area (Å²) in [5.41, 5.74) is 3.59. The molecule has 0 bridgehead atoms. The average molecular weight is 336 g/mol. The fourth-order valence-corrected chi connectivity index (χ4v) is 2.09. The summed E-state index contributed by atoms with van der Waals surface area (Å²) in [5, 5.41) is 3.07. The average Bonchev–Trinajstić information content (AvgIpc) is 2.44. The van der Waals surface area contributed by atoms with E-state index in [0.717, 1.165) is 11.0 Å². The topological polar surface area (TPSA) is 12.0 Å². The second kappa shape index (κ2) is 9.03. The summed E-state index contributed by atoms with van der Waals surface area (Å²) in [4.78, 5) is 0. The molecule has 0 saturated carbocycles. The Morgan fingerprint density at radius 2 is 2.05 bits per heavy atom. The lowest BCUT2D eigenvalue weighted by molar-refractivity contribution is 1.13. The van der Waals surface area contributed by atoms with Crippen LogP contribution < -0.4 is 5.09 Å². The van der Waals surface area contributed by atoms with Crippen LogP contribution in [0.5, 0.6) is 0 Å². The van der Waals surface area contributed by atoms with Crippen LogP contribution in [0.4, 0.5) is 0 Å². The molecule has 1 unspecified atom stereocenters. The summed E-state index contributed by atoms with van der Waals surface area (Å²) < 4.78 is 1.09. The number of allylic oxidation sites excluding steroid dienone is 6. The molecule has 1 N–H and O–H groups in total. The van der Waals surface area contributed by atoms with E-state index in [4.69, 9.17) is 0 Å². The summed E-state index contributed by atoms with van der Waals surface area (Å²) in [5.74, 6) is 0. The van der Waals surface area contributed by atoms with E-state index in [0.29, 0.717) is 0 Å². The van der Waals surface area contributed by atoms with E-state index in [1.54, 1.807) is 6.08 Å². The third kappa shape index (κ3) is 5.28. The van der Waals surface area contributed by atoms with Crippen molar-refractivity contribution in [1.29, 1.82) is 0 Å². The Balaban J connectivity index is 3.17. The first-order chi connectivity index (χ1) is 9.22. The van der Waals surface area contributed by atoms with E-state index >= 15 is 0 Å². The first-order valence-corrected chi connectivity index (χ1v) is 7.45. The van der Waals surface area contributed by atoms with E-state index in [9.17, 15) is 0 Å². The minimum absolute atomic E-state index is 0.801. The third-order valence-corrected chi connectivity index (χ3v) is 3.38. The summed E-state index contributed by atoms with van der Waals surface area (Å²) in [6.07, 6.45) is 10.1. The molecule has 0 aliphatic rings. The number of rotatable bonds is 6. The van der Waals surface area contributed by atoms with Gasteiger partial charge < -0.3 is 0 Å². The monoisotopic (exact) mass is 335 g/mol. The molecule has 0 saturated heterocycles. The molecule has 19 heavy (non-hydrogen) atoms. The van der Waals surface area contributed by atoms with Gasteiger partial charge in [-0.05, 0) is 35.8 Å². The van der Waals surface area contributed by atoms with Crippen molar-refractivity contribution in [2.75, 3.05) is 6.54 Å². The molecule has 1 atom stereocenters. The molecule has 0 aromatic heterocycles. The van der Waals surface area contributed by atoms with Crippen LogP contribution >= 0.6 is 25.3 Å². The first-order valence-electron chi connectivity index (χ1n) is 6.08. The lowest BCUT2D eigenvalue weighted by atomic mass is 9.97. The molecule has 0 aliphatic heterocycles. The van der Waals surface area contributed by atoms with Crippen LogP contribution in [-0.4, -0.2) is 6.54 Å². The maximum atomic E-state index is 3.72. The summed E-state index contributed by atoms with van der Waals surface area (Å²) in [6, 6.07) is 8.34. The highest BCUT2D eigenvalue weighted by atomic mass is 79.9. The van der Waals surface area contributed by atoms with Crippen LogP contribution in [0.15, 0.2) is 71.3 Å². The molecular weight excluding hydrogens is 317 g/mol. The lowest BCUT2D eigenvalue weighted by Gasteiger charge is -2.10. The van der Waals surface area contributed by atoms with Crippen molar-refractivity contribution in [2.45, 2.75) is 6.92 Å². The Labute approximate surface area is 126 Å². The Kier molecular flexibility index (Phi) is 7.66. The number of benzene rings is 1. The zero-order valence-electron chi connectivity index (χ0n) is 11.1. The molecule has 1 aromatic rings. The van der Waals surface area contributed by atoms with Crippen molar-refractivity contribution in [3.63, 3.8) is 0 Å². The highest BCUT2D eigenvalue weighted by Gasteiger charge is 2.04. The van der Waals surface area contributed by atoms with Gasteiger partial charge in [0, 0.05) is 11.0 Å². The van der Waals surface area contributed by atoms with Crippen molar-refractivity contribution in [1.82, 2.24) is 5.09 Å². The van der Waals surface area contributed by atoms with Gasteiger partial charge in [-0.2, -0.15) is 0 Å². The van der Waals surface area contributed by atoms with Gasteiger partial charge in [0.15, 0.2) is 0 Å². The number of hydrogen-bond acceptors (Lipinski definition) is 1. The predicted molar refractivity (Wildman–Crippen MR) is 92.9 cm³/mol. The van der Waals surface area contributed by atoms with Gasteiger partial charge in [-0.15, -0.1) is 0 Å². The Hall–Kier alpha value is -0.950. The summed E-state index contributed by atoms with van der Waals surface area (Å²) in [6.45, 7) is 6.56. The maximum absolute atomic E-state index is 3.72. The molecule has 100 valence electrons. The molecule has 1 aromatic carbocycles. The van der Waals surface area contributed by atoms with Crippen LogP contribution in [0.1, 0.15) is 12.5 Å². The third-order valence-electron chi connectivity index (χ3n) is 2.61. The summed E-state index contributed by atoms with van der Waals surface area (Å²) in [7, 11) is 2.52. The SMILES string of the molecule is C=C\C=C/C(=C\C)C(=C\CNP)/c1ccc(Br)cc1. The Bertz CT molecular complexity index is 498. The van der Waals surface area contributed by atoms with Crippen LogP contribution in [-0.2, 0) is 0 Å². The molecule has 0 spiro atoms. The number of hydrogen-bond donors (Lipinski definition) is 1. The minimum atomic E-state index is 0.801. The second-order valence-corrected chi connectivity index (χ2v) is 5.20. The van der Waals surface area contributed by atoms with Crippen molar-refractivity contribution < 1.29 is 0 Å². The van der Waals surface area contributed by atoms with Crippen LogP contribution in [0.2, 0.25) is 0 Å². The molecule has 0 radical (unpaired) electrons. The van der Waals surface area contributed by atoms with E-state index in [1.807, 2.05) is 13.0 Å². The molecule has 0 fully saturated rings. The highest BCUT2D eigenvalue weighted by molar-refractivity contribution is 9.10. The largest absolute Gasteiger partial charge is 0.297 e. The van der Waals surface area contributed by atoms with Crippen LogP contribution in [0.25, 0.3) is 5.57 Å². The first kappa shape index (κ1) is 16.1. The van der Waals surface area contributed by atoms with Gasteiger partial charge in [0.05, 0.1) is 0 Å². The smallest absolute Gasteiger partial charge is 0.0176 e. The second-order valence-electron chi connectivity index (χ2n) is 3.87. The van der Waals surface area contributed by atoms with Crippen molar-refractivity contribution >= 4 is 30.9 Å². The van der Waals surface area contributed by atoms with Gasteiger partial charge in [-0.25, -0.2) is 0 Å². The number of nitrogens with one attached hydrogen (secondary N) is 1. The van der Waals surface area contributed by atoms with E-state index in [1.165, 1.54) is 16.7 Å². The van der Waals surface area contributed by atoms with Crippen molar-refractivity contribution in [3.05, 3.63) is 76.8 Å². The predicted octanol–water partition coefficient (Wildman–Crippen LogP) is 4.90. The van der Waals surface area contributed by atoms with E-state index in [2.05, 4.69) is 79.5 Å². The fraction of sp³-hybridized carbons (Fsp3) is 0.125. The minimum Gasteiger partial charge on any atom is -0.297 e. The van der Waals surface area contributed by atoms with Crippen molar-refractivity contribution in [3.8, 4) is 0 Å². The summed E-state index contributed by atoms with van der Waals surface area (Å²) >= 11 is 3.47. The zero-order valence-corrected chi connectivity index (χ0v) is 13.8. The Morgan fingerprint density at radius 3 is 2.58 bits per heavy atom. The number of halogens is 1. The molecule has 3 heteroatoms. The highest BCUT2D eigenvalue weighted by Crippen LogP contribution is 2.25. The van der Waals surface area contributed by atoms with Gasteiger partial charge in [0.1, 0.15) is 0 Å². The standard InChI is InChI=1S/C16H19BrNP/c1-3-5-6-13(4-2)16(11-12-18-19)14-7-9-15(17)10-8-14/h3-11,18H,1,12,19H2,2H3/b6-5-,13-4+,16-11+. The normalized spacial score (nSPS) is 13.0. The van der Waals surface area contributed by atoms with Gasteiger partial charge in [-0.1, -0.05) is 74.4 Å². The quantitative estimate of drug-likeness (QED) is 0.575. The molecular formula is C16H19BrNP. The Morgan fingerprint density at radius 1 is 1.37 bits per heavy atom.